The summed E-state index contributed by atoms with van der Waals surface area (Å²) < 4.78 is 4.68. The molecule has 1 aliphatic heterocycles. The first-order chi connectivity index (χ1) is 13.9. The molecule has 1 N–H and O–H groups in total. The minimum Gasteiger partial charge on any atom is -0.465 e. The van der Waals surface area contributed by atoms with Crippen molar-refractivity contribution in [1.29, 1.82) is 0 Å². The number of ether oxygens (including phenoxy) is 1. The van der Waals surface area contributed by atoms with Gasteiger partial charge in [0.15, 0.2) is 0 Å². The largest absolute Gasteiger partial charge is 0.465 e. The van der Waals surface area contributed by atoms with Gasteiger partial charge in [0.05, 0.1) is 33.9 Å². The maximum Gasteiger partial charge on any atom is 0.339 e. The molecule has 0 aromatic heterocycles. The first-order valence-electron chi connectivity index (χ1n) is 9.13. The summed E-state index contributed by atoms with van der Waals surface area (Å²) >= 11 is 6.01. The molecule has 2 aromatic carbocycles. The first-order valence-corrected chi connectivity index (χ1v) is 9.51. The summed E-state index contributed by atoms with van der Waals surface area (Å²) in [6.07, 6.45) is 3.11. The van der Waals surface area contributed by atoms with Gasteiger partial charge in [0.25, 0.3) is 11.6 Å². The van der Waals surface area contributed by atoms with Crippen LogP contribution in [0.25, 0.3) is 0 Å². The van der Waals surface area contributed by atoms with Gasteiger partial charge in [0, 0.05) is 30.9 Å². The van der Waals surface area contributed by atoms with Crippen LogP contribution in [-0.2, 0) is 4.74 Å². The second-order valence-electron chi connectivity index (χ2n) is 6.65. The molecule has 0 unspecified atom stereocenters. The number of methoxy groups -OCH3 is 1. The lowest BCUT2D eigenvalue weighted by molar-refractivity contribution is -0.384. The van der Waals surface area contributed by atoms with E-state index in [9.17, 15) is 19.7 Å². The molecule has 9 heteroatoms. The van der Waals surface area contributed by atoms with Crippen LogP contribution < -0.4 is 10.2 Å². The minimum atomic E-state index is -0.629. The van der Waals surface area contributed by atoms with Crippen molar-refractivity contribution < 1.29 is 19.2 Å². The molecular weight excluding hydrogens is 398 g/mol. The van der Waals surface area contributed by atoms with Gasteiger partial charge in [-0.3, -0.25) is 14.9 Å². The van der Waals surface area contributed by atoms with Crippen molar-refractivity contribution in [2.75, 3.05) is 30.4 Å². The number of piperidine rings is 1. The van der Waals surface area contributed by atoms with E-state index in [1.54, 1.807) is 12.1 Å². The SMILES string of the molecule is COC(=O)c1cc(NC(=O)c2cc([N+](=O)[O-])ccc2N2CCCCC2)ccc1Cl. The third-order valence-electron chi connectivity index (χ3n) is 4.76. The van der Waals surface area contributed by atoms with Gasteiger partial charge in [-0.15, -0.1) is 0 Å². The molecule has 29 heavy (non-hydrogen) atoms. The van der Waals surface area contributed by atoms with E-state index in [2.05, 4.69) is 15.0 Å². The molecule has 1 fully saturated rings. The molecule has 152 valence electrons. The number of anilines is 2. The van der Waals surface area contributed by atoms with Gasteiger partial charge in [-0.2, -0.15) is 0 Å². The third-order valence-corrected chi connectivity index (χ3v) is 5.09. The fourth-order valence-corrected chi connectivity index (χ4v) is 3.49. The number of hydrogen-bond acceptors (Lipinski definition) is 6. The number of nitrogens with zero attached hydrogens (tertiary/aromatic N) is 2. The van der Waals surface area contributed by atoms with Crippen LogP contribution in [0.5, 0.6) is 0 Å². The van der Waals surface area contributed by atoms with E-state index in [-0.39, 0.29) is 21.8 Å². The lowest BCUT2D eigenvalue weighted by Gasteiger charge is -2.30. The number of nitro groups is 1. The van der Waals surface area contributed by atoms with Crippen LogP contribution in [0.4, 0.5) is 17.1 Å². The molecule has 0 radical (unpaired) electrons. The zero-order valence-corrected chi connectivity index (χ0v) is 16.6. The standard InChI is InChI=1S/C20H20ClN3O5/c1-29-20(26)15-11-13(5-7-17(15)21)22-19(25)16-12-14(24(27)28)6-8-18(16)23-9-3-2-4-10-23/h5-8,11-12H,2-4,9-10H2,1H3,(H,22,25). The fourth-order valence-electron chi connectivity index (χ4n) is 3.30. The highest BCUT2D eigenvalue weighted by atomic mass is 35.5. The van der Waals surface area contributed by atoms with Crippen LogP contribution in [0.1, 0.15) is 40.0 Å². The number of nitro benzene ring substituents is 1. The molecule has 1 heterocycles. The Morgan fingerprint density at radius 1 is 1.10 bits per heavy atom. The molecule has 0 saturated carbocycles. The van der Waals surface area contributed by atoms with Crippen molar-refractivity contribution in [2.45, 2.75) is 19.3 Å². The lowest BCUT2D eigenvalue weighted by atomic mass is 10.1. The number of amides is 1. The minimum absolute atomic E-state index is 0.113. The molecule has 0 bridgehead atoms. The highest BCUT2D eigenvalue weighted by molar-refractivity contribution is 6.33. The Morgan fingerprint density at radius 2 is 1.83 bits per heavy atom. The van der Waals surface area contributed by atoms with Gasteiger partial charge in [-0.25, -0.2) is 4.79 Å². The van der Waals surface area contributed by atoms with Gasteiger partial charge >= 0.3 is 5.97 Å². The van der Waals surface area contributed by atoms with E-state index in [4.69, 9.17) is 11.6 Å². The topological polar surface area (TPSA) is 102 Å². The van der Waals surface area contributed by atoms with Crippen molar-refractivity contribution in [3.8, 4) is 0 Å². The van der Waals surface area contributed by atoms with E-state index in [0.29, 0.717) is 11.4 Å². The summed E-state index contributed by atoms with van der Waals surface area (Å²) in [5.41, 5.74) is 1.13. The number of carbonyl (C=O) groups excluding carboxylic acids is 2. The van der Waals surface area contributed by atoms with Crippen molar-refractivity contribution >= 4 is 40.5 Å². The molecule has 0 aliphatic carbocycles. The Balaban J connectivity index is 1.94. The second kappa shape index (κ2) is 8.91. The predicted molar refractivity (Wildman–Crippen MR) is 110 cm³/mol. The molecule has 1 aliphatic rings. The van der Waals surface area contributed by atoms with E-state index in [1.807, 2.05) is 0 Å². The van der Waals surface area contributed by atoms with E-state index < -0.39 is 16.8 Å². The Labute approximate surface area is 172 Å². The van der Waals surface area contributed by atoms with Crippen molar-refractivity contribution in [1.82, 2.24) is 0 Å². The number of hydrogen-bond donors (Lipinski definition) is 1. The maximum atomic E-state index is 13.0. The summed E-state index contributed by atoms with van der Waals surface area (Å²) in [5.74, 6) is -1.14. The summed E-state index contributed by atoms with van der Waals surface area (Å²) in [6.45, 7) is 1.57. The van der Waals surface area contributed by atoms with E-state index in [0.717, 1.165) is 32.4 Å². The average Bonchev–Trinajstić information content (AvgIpc) is 2.74. The first kappa shape index (κ1) is 20.6. The monoisotopic (exact) mass is 417 g/mol. The zero-order valence-electron chi connectivity index (χ0n) is 15.8. The van der Waals surface area contributed by atoms with Crippen molar-refractivity contribution in [3.05, 3.63) is 62.7 Å². The number of non-ortho nitro benzene ring substituents is 1. The molecule has 1 saturated heterocycles. The number of carbonyl (C=O) groups is 2. The van der Waals surface area contributed by atoms with Crippen molar-refractivity contribution in [2.24, 2.45) is 0 Å². The molecule has 3 rings (SSSR count). The van der Waals surface area contributed by atoms with Crippen molar-refractivity contribution in [3.63, 3.8) is 0 Å². The maximum absolute atomic E-state index is 13.0. The molecule has 0 spiro atoms. The highest BCUT2D eigenvalue weighted by Gasteiger charge is 2.22. The molecule has 1 amide bonds. The summed E-state index contributed by atoms with van der Waals surface area (Å²) in [7, 11) is 1.23. The lowest BCUT2D eigenvalue weighted by Crippen LogP contribution is -2.31. The van der Waals surface area contributed by atoms with Gasteiger partial charge in [-0.05, 0) is 43.5 Å². The van der Waals surface area contributed by atoms with E-state index >= 15 is 0 Å². The Morgan fingerprint density at radius 3 is 2.48 bits per heavy atom. The fraction of sp³-hybridized carbons (Fsp3) is 0.300. The highest BCUT2D eigenvalue weighted by Crippen LogP contribution is 2.29. The predicted octanol–water partition coefficient (Wildman–Crippen LogP) is 4.28. The summed E-state index contributed by atoms with van der Waals surface area (Å²) in [4.78, 5) is 37.5. The van der Waals surface area contributed by atoms with Gasteiger partial charge in [0.2, 0.25) is 0 Å². The van der Waals surface area contributed by atoms with Crippen LogP contribution in [0, 0.1) is 10.1 Å². The number of esters is 1. The molecular formula is C20H20ClN3O5. The van der Waals surface area contributed by atoms with Gasteiger partial charge < -0.3 is 15.0 Å². The number of rotatable bonds is 5. The van der Waals surface area contributed by atoms with E-state index in [1.165, 1.54) is 31.4 Å². The van der Waals surface area contributed by atoms with Crippen LogP contribution in [-0.4, -0.2) is 37.0 Å². The smallest absolute Gasteiger partial charge is 0.339 e. The Hall–Kier alpha value is -3.13. The molecule has 8 nitrogen and oxygen atoms in total. The van der Waals surface area contributed by atoms with Crippen LogP contribution in [0.15, 0.2) is 36.4 Å². The van der Waals surface area contributed by atoms with Crippen LogP contribution in [0.2, 0.25) is 5.02 Å². The Bertz CT molecular complexity index is 957. The summed E-state index contributed by atoms with van der Waals surface area (Å²) in [6, 6.07) is 8.71. The second-order valence-corrected chi connectivity index (χ2v) is 7.05. The zero-order chi connectivity index (χ0) is 21.0. The average molecular weight is 418 g/mol. The van der Waals surface area contributed by atoms with Gasteiger partial charge in [0.1, 0.15) is 0 Å². The third kappa shape index (κ3) is 4.65. The normalized spacial score (nSPS) is 13.7. The quantitative estimate of drug-likeness (QED) is 0.442. The number of nitrogens with one attached hydrogen (secondary N) is 1. The van der Waals surface area contributed by atoms with Gasteiger partial charge in [-0.1, -0.05) is 11.6 Å². The molecule has 2 aromatic rings. The molecule has 0 atom stereocenters. The summed E-state index contributed by atoms with van der Waals surface area (Å²) in [5, 5.41) is 14.1. The number of benzene rings is 2. The number of halogens is 1. The van der Waals surface area contributed by atoms with Crippen LogP contribution >= 0.6 is 11.6 Å². The van der Waals surface area contributed by atoms with Crippen LogP contribution in [0.3, 0.4) is 0 Å². The Kier molecular flexibility index (Phi) is 6.33.